The number of rotatable bonds is 2. The summed E-state index contributed by atoms with van der Waals surface area (Å²) in [7, 11) is 0. The molecule has 1 heterocycles. The van der Waals surface area contributed by atoms with Crippen molar-refractivity contribution < 1.29 is 4.74 Å². The quantitative estimate of drug-likeness (QED) is 0.302. The topological polar surface area (TPSA) is 9.23 Å². The molecule has 0 aromatic heterocycles. The van der Waals surface area contributed by atoms with Gasteiger partial charge in [-0.05, 0) is 46.7 Å². The summed E-state index contributed by atoms with van der Waals surface area (Å²) >= 11 is 0. The van der Waals surface area contributed by atoms with Gasteiger partial charge < -0.3 is 4.74 Å². The first kappa shape index (κ1) is 15.2. The van der Waals surface area contributed by atoms with Crippen molar-refractivity contribution in [3.63, 3.8) is 0 Å². The Morgan fingerprint density at radius 1 is 0.808 bits per heavy atom. The van der Waals surface area contributed by atoms with E-state index in [1.807, 2.05) is 6.07 Å². The van der Waals surface area contributed by atoms with Gasteiger partial charge in [0.05, 0.1) is 0 Å². The summed E-state index contributed by atoms with van der Waals surface area (Å²) in [6, 6.07) is 23.6. The highest BCUT2D eigenvalue weighted by atomic mass is 16.5. The summed E-state index contributed by atoms with van der Waals surface area (Å²) in [4.78, 5) is 0. The van der Waals surface area contributed by atoms with Crippen molar-refractivity contribution in [2.75, 3.05) is 0 Å². The molecular weight excluding hydrogens is 316 g/mol. The Balaban J connectivity index is 2.05. The SMILES string of the molecule is CC=C(CC)c1c2c3c(cccc3c3ccccc13)-c1ccccc1O2. The van der Waals surface area contributed by atoms with Crippen LogP contribution in [0.1, 0.15) is 25.8 Å². The highest BCUT2D eigenvalue weighted by Crippen LogP contribution is 2.52. The van der Waals surface area contributed by atoms with Gasteiger partial charge in [0.15, 0.2) is 0 Å². The first-order valence-corrected chi connectivity index (χ1v) is 9.23. The molecule has 5 rings (SSSR count). The summed E-state index contributed by atoms with van der Waals surface area (Å²) in [5.41, 5.74) is 5.00. The van der Waals surface area contributed by atoms with Crippen molar-refractivity contribution in [2.45, 2.75) is 20.3 Å². The smallest absolute Gasteiger partial charge is 0.144 e. The Labute approximate surface area is 153 Å². The third-order valence-electron chi connectivity index (χ3n) is 5.44. The number of ether oxygens (including phenoxy) is 1. The maximum absolute atomic E-state index is 6.53. The molecule has 1 heteroatoms. The second-order valence-corrected chi connectivity index (χ2v) is 6.74. The summed E-state index contributed by atoms with van der Waals surface area (Å²) in [5.74, 6) is 1.94. The van der Waals surface area contributed by atoms with Crippen LogP contribution in [0.5, 0.6) is 11.5 Å². The van der Waals surface area contributed by atoms with Gasteiger partial charge in [0, 0.05) is 16.5 Å². The van der Waals surface area contributed by atoms with Crippen LogP contribution >= 0.6 is 0 Å². The molecule has 0 atom stereocenters. The molecule has 0 radical (unpaired) electrons. The van der Waals surface area contributed by atoms with Crippen LogP contribution in [0, 0.1) is 0 Å². The molecule has 0 spiro atoms. The van der Waals surface area contributed by atoms with Crippen molar-refractivity contribution in [2.24, 2.45) is 0 Å². The van der Waals surface area contributed by atoms with E-state index in [4.69, 9.17) is 4.74 Å². The molecule has 0 amide bonds. The molecule has 0 bridgehead atoms. The van der Waals surface area contributed by atoms with Gasteiger partial charge in [-0.1, -0.05) is 73.7 Å². The normalized spacial score (nSPS) is 12.9. The zero-order chi connectivity index (χ0) is 17.7. The highest BCUT2D eigenvalue weighted by Gasteiger charge is 2.25. The van der Waals surface area contributed by atoms with Gasteiger partial charge in [-0.3, -0.25) is 0 Å². The first-order chi connectivity index (χ1) is 12.8. The maximum Gasteiger partial charge on any atom is 0.144 e. The molecule has 126 valence electrons. The average Bonchev–Trinajstić information content (AvgIpc) is 2.71. The van der Waals surface area contributed by atoms with Crippen molar-refractivity contribution >= 4 is 27.1 Å². The van der Waals surface area contributed by atoms with Crippen molar-refractivity contribution in [3.8, 4) is 22.6 Å². The lowest BCUT2D eigenvalue weighted by Crippen LogP contribution is -2.01. The van der Waals surface area contributed by atoms with E-state index in [1.54, 1.807) is 0 Å². The van der Waals surface area contributed by atoms with E-state index in [0.29, 0.717) is 0 Å². The Bertz CT molecular complexity index is 1200. The van der Waals surface area contributed by atoms with Crippen LogP contribution < -0.4 is 4.74 Å². The summed E-state index contributed by atoms with van der Waals surface area (Å²) in [6.45, 7) is 4.33. The monoisotopic (exact) mass is 336 g/mol. The van der Waals surface area contributed by atoms with Crippen LogP contribution in [-0.4, -0.2) is 0 Å². The summed E-state index contributed by atoms with van der Waals surface area (Å²) < 4.78 is 6.53. The van der Waals surface area contributed by atoms with E-state index >= 15 is 0 Å². The predicted molar refractivity (Wildman–Crippen MR) is 111 cm³/mol. The van der Waals surface area contributed by atoms with E-state index in [-0.39, 0.29) is 0 Å². The van der Waals surface area contributed by atoms with Gasteiger partial charge >= 0.3 is 0 Å². The van der Waals surface area contributed by atoms with E-state index in [2.05, 4.69) is 80.6 Å². The molecule has 4 aromatic carbocycles. The van der Waals surface area contributed by atoms with Crippen LogP contribution in [0.25, 0.3) is 38.2 Å². The lowest BCUT2D eigenvalue weighted by molar-refractivity contribution is 0.486. The summed E-state index contributed by atoms with van der Waals surface area (Å²) in [6.07, 6.45) is 3.20. The van der Waals surface area contributed by atoms with E-state index < -0.39 is 0 Å². The average molecular weight is 336 g/mol. The van der Waals surface area contributed by atoms with Crippen LogP contribution in [0.2, 0.25) is 0 Å². The fraction of sp³-hybridized carbons (Fsp3) is 0.120. The predicted octanol–water partition coefficient (Wildman–Crippen LogP) is 7.58. The minimum Gasteiger partial charge on any atom is -0.455 e. The molecule has 0 N–H and O–H groups in total. The summed E-state index contributed by atoms with van der Waals surface area (Å²) in [5, 5.41) is 5.05. The second-order valence-electron chi connectivity index (χ2n) is 6.74. The molecule has 1 nitrogen and oxygen atoms in total. The second kappa shape index (κ2) is 5.74. The Hall–Kier alpha value is -3.06. The number of para-hydroxylation sites is 1. The van der Waals surface area contributed by atoms with Crippen molar-refractivity contribution in [1.29, 1.82) is 0 Å². The molecule has 0 unspecified atom stereocenters. The molecule has 1 aliphatic rings. The van der Waals surface area contributed by atoms with Gasteiger partial charge in [0.25, 0.3) is 0 Å². The first-order valence-electron chi connectivity index (χ1n) is 9.23. The lowest BCUT2D eigenvalue weighted by atomic mass is 9.86. The van der Waals surface area contributed by atoms with Crippen LogP contribution in [0.3, 0.4) is 0 Å². The molecule has 0 aliphatic carbocycles. The molecule has 0 fully saturated rings. The van der Waals surface area contributed by atoms with Gasteiger partial charge in [-0.2, -0.15) is 0 Å². The fourth-order valence-electron chi connectivity index (χ4n) is 4.26. The third-order valence-corrected chi connectivity index (χ3v) is 5.44. The zero-order valence-corrected chi connectivity index (χ0v) is 15.0. The standard InChI is InChI=1S/C25H20O/c1-3-16(4-2)23-19-12-6-5-10-17(19)20-13-9-14-21-18-11-7-8-15-22(18)26-25(23)24(20)21/h3,5-15H,4H2,1-2H3. The minimum atomic E-state index is 0.940. The fourth-order valence-corrected chi connectivity index (χ4v) is 4.26. The van der Waals surface area contributed by atoms with E-state index in [9.17, 15) is 0 Å². The van der Waals surface area contributed by atoms with Crippen LogP contribution in [0.15, 0.2) is 72.8 Å². The van der Waals surface area contributed by atoms with Gasteiger partial charge in [0.2, 0.25) is 0 Å². The largest absolute Gasteiger partial charge is 0.455 e. The zero-order valence-electron chi connectivity index (χ0n) is 15.0. The molecule has 0 saturated carbocycles. The Morgan fingerprint density at radius 2 is 1.50 bits per heavy atom. The number of fused-ring (bicyclic) bond motifs is 4. The molecule has 1 aliphatic heterocycles. The number of allylic oxidation sites excluding steroid dienone is 2. The van der Waals surface area contributed by atoms with E-state index in [1.165, 1.54) is 43.8 Å². The molecule has 26 heavy (non-hydrogen) atoms. The van der Waals surface area contributed by atoms with Crippen LogP contribution in [0.4, 0.5) is 0 Å². The highest BCUT2D eigenvalue weighted by molar-refractivity contribution is 6.20. The number of hydrogen-bond acceptors (Lipinski definition) is 1. The van der Waals surface area contributed by atoms with E-state index in [0.717, 1.165) is 17.9 Å². The molecule has 0 saturated heterocycles. The third kappa shape index (κ3) is 1.97. The molecule has 4 aromatic rings. The molecular formula is C25H20O. The lowest BCUT2D eigenvalue weighted by Gasteiger charge is -2.26. The van der Waals surface area contributed by atoms with Crippen LogP contribution in [-0.2, 0) is 0 Å². The Kier molecular flexibility index (Phi) is 3.36. The van der Waals surface area contributed by atoms with Gasteiger partial charge in [0.1, 0.15) is 11.5 Å². The van der Waals surface area contributed by atoms with Gasteiger partial charge in [-0.25, -0.2) is 0 Å². The number of hydrogen-bond donors (Lipinski definition) is 0. The number of benzene rings is 4. The van der Waals surface area contributed by atoms with Gasteiger partial charge in [-0.15, -0.1) is 0 Å². The minimum absolute atomic E-state index is 0.940. The maximum atomic E-state index is 6.53. The van der Waals surface area contributed by atoms with Crippen molar-refractivity contribution in [3.05, 3.63) is 78.4 Å². The Morgan fingerprint density at radius 3 is 2.31 bits per heavy atom. The van der Waals surface area contributed by atoms with Crippen molar-refractivity contribution in [1.82, 2.24) is 0 Å².